The summed E-state index contributed by atoms with van der Waals surface area (Å²) in [6.07, 6.45) is 0.912. The molecule has 0 unspecified atom stereocenters. The molecule has 0 saturated carbocycles. The third-order valence-corrected chi connectivity index (χ3v) is 3.91. The van der Waals surface area contributed by atoms with Crippen LogP contribution in [-0.4, -0.2) is 13.7 Å². The van der Waals surface area contributed by atoms with Crippen LogP contribution in [0.3, 0.4) is 0 Å². The molecule has 0 aromatic heterocycles. The molecule has 124 valence electrons. The predicted octanol–water partition coefficient (Wildman–Crippen LogP) is 5.08. The molecule has 0 aliphatic heterocycles. The van der Waals surface area contributed by atoms with E-state index in [-0.39, 0.29) is 0 Å². The summed E-state index contributed by atoms with van der Waals surface area (Å²) < 4.78 is 10.9. The van der Waals surface area contributed by atoms with Crippen LogP contribution in [0.25, 0.3) is 0 Å². The molecule has 0 radical (unpaired) electrons. The van der Waals surface area contributed by atoms with E-state index in [0.717, 1.165) is 23.3 Å². The van der Waals surface area contributed by atoms with Crippen molar-refractivity contribution in [3.05, 3.63) is 57.6 Å². The number of para-hydroxylation sites is 1. The van der Waals surface area contributed by atoms with Crippen molar-refractivity contribution < 1.29 is 9.47 Å². The van der Waals surface area contributed by atoms with Crippen molar-refractivity contribution >= 4 is 23.2 Å². The van der Waals surface area contributed by atoms with Crippen LogP contribution in [0.1, 0.15) is 24.5 Å². The van der Waals surface area contributed by atoms with Gasteiger partial charge in [-0.1, -0.05) is 48.3 Å². The summed E-state index contributed by atoms with van der Waals surface area (Å²) in [7, 11) is 1.67. The van der Waals surface area contributed by atoms with Gasteiger partial charge in [0, 0.05) is 18.7 Å². The Morgan fingerprint density at radius 1 is 1.04 bits per heavy atom. The SMILES string of the molecule is CCCOc1c(Cl)cc(CNCc2ccccc2OC)cc1Cl. The molecule has 0 fully saturated rings. The number of halogens is 2. The maximum atomic E-state index is 6.26. The zero-order chi connectivity index (χ0) is 16.7. The second kappa shape index (κ2) is 9.02. The highest BCUT2D eigenvalue weighted by Crippen LogP contribution is 2.34. The summed E-state index contributed by atoms with van der Waals surface area (Å²) in [6, 6.07) is 11.7. The first-order chi connectivity index (χ1) is 11.2. The molecular formula is C18H21Cl2NO2. The molecular weight excluding hydrogens is 333 g/mol. The first-order valence-electron chi connectivity index (χ1n) is 7.59. The summed E-state index contributed by atoms with van der Waals surface area (Å²) in [5.41, 5.74) is 2.12. The fraction of sp³-hybridized carbons (Fsp3) is 0.333. The van der Waals surface area contributed by atoms with E-state index < -0.39 is 0 Å². The van der Waals surface area contributed by atoms with E-state index in [2.05, 4.69) is 5.32 Å². The Morgan fingerprint density at radius 2 is 1.74 bits per heavy atom. The minimum atomic E-state index is 0.542. The second-order valence-electron chi connectivity index (χ2n) is 5.15. The smallest absolute Gasteiger partial charge is 0.156 e. The lowest BCUT2D eigenvalue weighted by Crippen LogP contribution is -2.13. The molecule has 0 atom stereocenters. The van der Waals surface area contributed by atoms with Crippen LogP contribution in [-0.2, 0) is 13.1 Å². The van der Waals surface area contributed by atoms with Crippen molar-refractivity contribution in [2.75, 3.05) is 13.7 Å². The molecule has 0 spiro atoms. The Kier molecular flexibility index (Phi) is 7.03. The third-order valence-electron chi connectivity index (χ3n) is 3.35. The number of ether oxygens (including phenoxy) is 2. The highest BCUT2D eigenvalue weighted by molar-refractivity contribution is 6.37. The summed E-state index contributed by atoms with van der Waals surface area (Å²) in [4.78, 5) is 0. The predicted molar refractivity (Wildman–Crippen MR) is 95.8 cm³/mol. The second-order valence-corrected chi connectivity index (χ2v) is 5.97. The quantitative estimate of drug-likeness (QED) is 0.717. The van der Waals surface area contributed by atoms with Gasteiger partial charge >= 0.3 is 0 Å². The Balaban J connectivity index is 1.98. The minimum Gasteiger partial charge on any atom is -0.496 e. The van der Waals surface area contributed by atoms with Crippen molar-refractivity contribution in [3.8, 4) is 11.5 Å². The van der Waals surface area contributed by atoms with Gasteiger partial charge in [0.15, 0.2) is 5.75 Å². The fourth-order valence-electron chi connectivity index (χ4n) is 2.25. The first-order valence-corrected chi connectivity index (χ1v) is 8.34. The Bertz CT molecular complexity index is 624. The van der Waals surface area contributed by atoms with Crippen molar-refractivity contribution in [2.45, 2.75) is 26.4 Å². The number of hydrogen-bond donors (Lipinski definition) is 1. The lowest BCUT2D eigenvalue weighted by atomic mass is 10.2. The van der Waals surface area contributed by atoms with Crippen LogP contribution in [0.2, 0.25) is 10.0 Å². The van der Waals surface area contributed by atoms with E-state index in [1.165, 1.54) is 0 Å². The molecule has 2 aromatic carbocycles. The summed E-state index contributed by atoms with van der Waals surface area (Å²) in [5, 5.41) is 4.46. The molecule has 0 amide bonds. The molecule has 1 N–H and O–H groups in total. The average molecular weight is 354 g/mol. The van der Waals surface area contributed by atoms with Gasteiger partial charge in [-0.15, -0.1) is 0 Å². The van der Waals surface area contributed by atoms with Crippen LogP contribution >= 0.6 is 23.2 Å². The molecule has 0 aliphatic carbocycles. The monoisotopic (exact) mass is 353 g/mol. The van der Waals surface area contributed by atoms with E-state index in [1.807, 2.05) is 43.3 Å². The standard InChI is InChI=1S/C18H21Cl2NO2/c1-3-8-23-18-15(19)9-13(10-16(18)20)11-21-12-14-6-4-5-7-17(14)22-2/h4-7,9-10,21H,3,8,11-12H2,1-2H3. The van der Waals surface area contributed by atoms with Gasteiger partial charge in [-0.05, 0) is 30.2 Å². The van der Waals surface area contributed by atoms with E-state index in [1.54, 1.807) is 7.11 Å². The summed E-state index contributed by atoms with van der Waals surface area (Å²) >= 11 is 12.5. The van der Waals surface area contributed by atoms with Gasteiger partial charge in [-0.3, -0.25) is 0 Å². The van der Waals surface area contributed by atoms with Gasteiger partial charge in [0.1, 0.15) is 5.75 Å². The van der Waals surface area contributed by atoms with E-state index >= 15 is 0 Å². The number of methoxy groups -OCH3 is 1. The molecule has 3 nitrogen and oxygen atoms in total. The molecule has 5 heteroatoms. The summed E-state index contributed by atoms with van der Waals surface area (Å²) in [5.74, 6) is 1.43. The number of hydrogen-bond acceptors (Lipinski definition) is 3. The largest absolute Gasteiger partial charge is 0.496 e. The molecule has 23 heavy (non-hydrogen) atoms. The number of benzene rings is 2. The van der Waals surface area contributed by atoms with Gasteiger partial charge in [-0.2, -0.15) is 0 Å². The fourth-order valence-corrected chi connectivity index (χ4v) is 2.89. The topological polar surface area (TPSA) is 30.5 Å². The molecule has 2 aromatic rings. The normalized spacial score (nSPS) is 10.6. The molecule has 0 saturated heterocycles. The zero-order valence-electron chi connectivity index (χ0n) is 13.4. The Labute approximate surface area is 147 Å². The highest BCUT2D eigenvalue weighted by Gasteiger charge is 2.10. The lowest BCUT2D eigenvalue weighted by molar-refractivity contribution is 0.317. The maximum absolute atomic E-state index is 6.26. The van der Waals surface area contributed by atoms with Gasteiger partial charge in [0.2, 0.25) is 0 Å². The number of rotatable bonds is 8. The maximum Gasteiger partial charge on any atom is 0.156 e. The highest BCUT2D eigenvalue weighted by atomic mass is 35.5. The molecule has 0 aliphatic rings. The Morgan fingerprint density at radius 3 is 2.39 bits per heavy atom. The zero-order valence-corrected chi connectivity index (χ0v) is 14.9. The molecule has 2 rings (SSSR count). The van der Waals surface area contributed by atoms with Crippen molar-refractivity contribution in [1.82, 2.24) is 5.32 Å². The van der Waals surface area contributed by atoms with E-state index in [0.29, 0.717) is 35.5 Å². The Hall–Kier alpha value is -1.42. The minimum absolute atomic E-state index is 0.542. The van der Waals surface area contributed by atoms with E-state index in [4.69, 9.17) is 32.7 Å². The van der Waals surface area contributed by atoms with Crippen LogP contribution in [0, 0.1) is 0 Å². The molecule has 0 bridgehead atoms. The van der Waals surface area contributed by atoms with Gasteiger partial charge in [-0.25, -0.2) is 0 Å². The van der Waals surface area contributed by atoms with Gasteiger partial charge < -0.3 is 14.8 Å². The number of nitrogens with one attached hydrogen (secondary N) is 1. The molecule has 0 heterocycles. The van der Waals surface area contributed by atoms with Gasteiger partial charge in [0.25, 0.3) is 0 Å². The average Bonchev–Trinajstić information content (AvgIpc) is 2.54. The van der Waals surface area contributed by atoms with Gasteiger partial charge in [0.05, 0.1) is 23.8 Å². The van der Waals surface area contributed by atoms with E-state index in [9.17, 15) is 0 Å². The van der Waals surface area contributed by atoms with Crippen molar-refractivity contribution in [2.24, 2.45) is 0 Å². The third kappa shape index (κ3) is 5.03. The van der Waals surface area contributed by atoms with Crippen LogP contribution in [0.5, 0.6) is 11.5 Å². The van der Waals surface area contributed by atoms with Crippen molar-refractivity contribution in [1.29, 1.82) is 0 Å². The van der Waals surface area contributed by atoms with Crippen molar-refractivity contribution in [3.63, 3.8) is 0 Å². The van der Waals surface area contributed by atoms with Crippen LogP contribution in [0.4, 0.5) is 0 Å². The van der Waals surface area contributed by atoms with Crippen LogP contribution < -0.4 is 14.8 Å². The summed E-state index contributed by atoms with van der Waals surface area (Å²) in [6.45, 7) is 4.00. The lowest BCUT2D eigenvalue weighted by Gasteiger charge is -2.12. The first kappa shape index (κ1) is 17.9. The van der Waals surface area contributed by atoms with Crippen LogP contribution in [0.15, 0.2) is 36.4 Å².